The van der Waals surface area contributed by atoms with Gasteiger partial charge in [-0.3, -0.25) is 4.79 Å². The fourth-order valence-corrected chi connectivity index (χ4v) is 1.44. The van der Waals surface area contributed by atoms with Gasteiger partial charge in [-0.25, -0.2) is 0 Å². The molecule has 0 fully saturated rings. The lowest BCUT2D eigenvalue weighted by atomic mass is 10.1. The normalized spacial score (nSPS) is 12.5. The average Bonchev–Trinajstić information content (AvgIpc) is 2.12. The zero-order chi connectivity index (χ0) is 10.8. The van der Waals surface area contributed by atoms with Crippen LogP contribution in [0.3, 0.4) is 0 Å². The van der Waals surface area contributed by atoms with Gasteiger partial charge in [0.25, 0.3) is 0 Å². The van der Waals surface area contributed by atoms with Crippen molar-refractivity contribution in [3.8, 4) is 0 Å². The number of aliphatic hydroxyl groups excluding tert-OH is 1. The van der Waals surface area contributed by atoms with Crippen molar-refractivity contribution in [2.45, 2.75) is 58.5 Å². The van der Waals surface area contributed by atoms with Crippen LogP contribution in [0.1, 0.15) is 52.4 Å². The largest absolute Gasteiger partial charge is 0.462 e. The summed E-state index contributed by atoms with van der Waals surface area (Å²) in [5, 5.41) is 8.76. The van der Waals surface area contributed by atoms with Crippen molar-refractivity contribution in [1.82, 2.24) is 0 Å². The Morgan fingerprint density at radius 2 is 2.00 bits per heavy atom. The second-order valence-electron chi connectivity index (χ2n) is 3.59. The molecule has 0 radical (unpaired) electrons. The third-order valence-corrected chi connectivity index (χ3v) is 2.16. The monoisotopic (exact) mass is 202 g/mol. The lowest BCUT2D eigenvalue weighted by Crippen LogP contribution is -2.17. The van der Waals surface area contributed by atoms with Crippen LogP contribution in [0.15, 0.2) is 0 Å². The summed E-state index contributed by atoms with van der Waals surface area (Å²) < 4.78 is 5.07. The second-order valence-corrected chi connectivity index (χ2v) is 3.59. The minimum absolute atomic E-state index is 0.0886. The smallest absolute Gasteiger partial charge is 0.302 e. The van der Waals surface area contributed by atoms with Crippen molar-refractivity contribution in [1.29, 1.82) is 0 Å². The number of unbranched alkanes of at least 4 members (excludes halogenated alkanes) is 3. The van der Waals surface area contributed by atoms with Crippen molar-refractivity contribution in [2.24, 2.45) is 0 Å². The van der Waals surface area contributed by atoms with E-state index < -0.39 is 0 Å². The van der Waals surface area contributed by atoms with Crippen LogP contribution in [0.5, 0.6) is 0 Å². The molecule has 0 aliphatic rings. The van der Waals surface area contributed by atoms with Crippen LogP contribution in [0.25, 0.3) is 0 Å². The number of carbonyl (C=O) groups excluding carboxylic acids is 1. The van der Waals surface area contributed by atoms with E-state index >= 15 is 0 Å². The molecule has 3 heteroatoms. The SMILES string of the molecule is CCCCCC[C@H](CCO)OC(C)=O. The number of aliphatic hydroxyl groups is 1. The molecule has 0 unspecified atom stereocenters. The highest BCUT2D eigenvalue weighted by Crippen LogP contribution is 2.11. The molecule has 0 rings (SSSR count). The zero-order valence-corrected chi connectivity index (χ0v) is 9.29. The van der Waals surface area contributed by atoms with E-state index in [1.807, 2.05) is 0 Å². The van der Waals surface area contributed by atoms with E-state index in [2.05, 4.69) is 6.92 Å². The van der Waals surface area contributed by atoms with Gasteiger partial charge in [0.1, 0.15) is 6.10 Å². The number of rotatable bonds is 8. The van der Waals surface area contributed by atoms with E-state index in [0.717, 1.165) is 12.8 Å². The van der Waals surface area contributed by atoms with Gasteiger partial charge in [0, 0.05) is 20.0 Å². The summed E-state index contributed by atoms with van der Waals surface area (Å²) in [6, 6.07) is 0. The summed E-state index contributed by atoms with van der Waals surface area (Å²) in [5.74, 6) is -0.251. The lowest BCUT2D eigenvalue weighted by Gasteiger charge is -2.15. The van der Waals surface area contributed by atoms with Crippen LogP contribution in [-0.4, -0.2) is 23.8 Å². The molecule has 0 aromatic rings. The van der Waals surface area contributed by atoms with E-state index in [0.29, 0.717) is 6.42 Å². The molecular weight excluding hydrogens is 180 g/mol. The first kappa shape index (κ1) is 13.4. The number of ether oxygens (including phenoxy) is 1. The molecule has 0 spiro atoms. The van der Waals surface area contributed by atoms with Crippen molar-refractivity contribution in [2.75, 3.05) is 6.61 Å². The van der Waals surface area contributed by atoms with E-state index in [9.17, 15) is 4.79 Å². The maximum Gasteiger partial charge on any atom is 0.302 e. The van der Waals surface area contributed by atoms with Gasteiger partial charge < -0.3 is 9.84 Å². The maximum absolute atomic E-state index is 10.7. The fourth-order valence-electron chi connectivity index (χ4n) is 1.44. The van der Waals surface area contributed by atoms with Gasteiger partial charge in [0.2, 0.25) is 0 Å². The molecule has 0 saturated heterocycles. The van der Waals surface area contributed by atoms with Gasteiger partial charge >= 0.3 is 5.97 Å². The Balaban J connectivity index is 3.56. The van der Waals surface area contributed by atoms with Crippen molar-refractivity contribution in [3.05, 3.63) is 0 Å². The van der Waals surface area contributed by atoms with Gasteiger partial charge in [-0.05, 0) is 12.8 Å². The van der Waals surface area contributed by atoms with E-state index in [1.165, 1.54) is 26.2 Å². The molecule has 0 bridgehead atoms. The second kappa shape index (κ2) is 9.00. The molecule has 84 valence electrons. The fraction of sp³-hybridized carbons (Fsp3) is 0.909. The first-order valence-corrected chi connectivity index (χ1v) is 5.48. The van der Waals surface area contributed by atoms with Gasteiger partial charge in [-0.2, -0.15) is 0 Å². The molecule has 0 heterocycles. The molecule has 1 N–H and O–H groups in total. The van der Waals surface area contributed by atoms with Gasteiger partial charge in [0.05, 0.1) is 0 Å². The summed E-state index contributed by atoms with van der Waals surface area (Å²) in [7, 11) is 0. The van der Waals surface area contributed by atoms with E-state index in [-0.39, 0.29) is 18.7 Å². The predicted octanol–water partition coefficient (Wildman–Crippen LogP) is 2.27. The Hall–Kier alpha value is -0.570. The van der Waals surface area contributed by atoms with Crippen LogP contribution < -0.4 is 0 Å². The third-order valence-electron chi connectivity index (χ3n) is 2.16. The standard InChI is InChI=1S/C11H22O3/c1-3-4-5-6-7-11(8-9-12)14-10(2)13/h11-12H,3-9H2,1-2H3/t11-/m1/s1. The first-order valence-electron chi connectivity index (χ1n) is 5.48. The number of carbonyl (C=O) groups is 1. The summed E-state index contributed by atoms with van der Waals surface area (Å²) in [6.45, 7) is 3.67. The molecule has 0 aromatic carbocycles. The van der Waals surface area contributed by atoms with Gasteiger partial charge in [0.15, 0.2) is 0 Å². The summed E-state index contributed by atoms with van der Waals surface area (Å²) in [4.78, 5) is 10.7. The molecule has 0 aliphatic carbocycles. The Morgan fingerprint density at radius 1 is 1.29 bits per heavy atom. The third kappa shape index (κ3) is 8.05. The van der Waals surface area contributed by atoms with Crippen LogP contribution in [0.2, 0.25) is 0 Å². The topological polar surface area (TPSA) is 46.5 Å². The summed E-state index contributed by atoms with van der Waals surface area (Å²) >= 11 is 0. The molecule has 0 aliphatic heterocycles. The molecule has 3 nitrogen and oxygen atoms in total. The molecule has 0 amide bonds. The Bertz CT molecular complexity index is 145. The quantitative estimate of drug-likeness (QED) is 0.485. The highest BCUT2D eigenvalue weighted by atomic mass is 16.5. The van der Waals surface area contributed by atoms with Crippen LogP contribution in [-0.2, 0) is 9.53 Å². The van der Waals surface area contributed by atoms with Gasteiger partial charge in [-0.1, -0.05) is 26.2 Å². The average molecular weight is 202 g/mol. The molecule has 0 saturated carbocycles. The van der Waals surface area contributed by atoms with Crippen LogP contribution in [0, 0.1) is 0 Å². The molecule has 0 aromatic heterocycles. The predicted molar refractivity (Wildman–Crippen MR) is 56.0 cm³/mol. The molecular formula is C11H22O3. The van der Waals surface area contributed by atoms with Crippen molar-refractivity contribution < 1.29 is 14.6 Å². The number of esters is 1. The Kier molecular flexibility index (Phi) is 8.64. The highest BCUT2D eigenvalue weighted by Gasteiger charge is 2.10. The van der Waals surface area contributed by atoms with Crippen molar-refractivity contribution in [3.63, 3.8) is 0 Å². The van der Waals surface area contributed by atoms with E-state index in [1.54, 1.807) is 0 Å². The number of hydrogen-bond donors (Lipinski definition) is 1. The molecule has 14 heavy (non-hydrogen) atoms. The maximum atomic E-state index is 10.7. The zero-order valence-electron chi connectivity index (χ0n) is 9.29. The molecule has 1 atom stereocenters. The van der Waals surface area contributed by atoms with Crippen LogP contribution in [0.4, 0.5) is 0 Å². The van der Waals surface area contributed by atoms with E-state index in [4.69, 9.17) is 9.84 Å². The Labute approximate surface area is 86.5 Å². The lowest BCUT2D eigenvalue weighted by molar-refractivity contribution is -0.147. The van der Waals surface area contributed by atoms with Crippen LogP contribution >= 0.6 is 0 Å². The summed E-state index contributed by atoms with van der Waals surface area (Å²) in [5.41, 5.74) is 0. The first-order chi connectivity index (χ1) is 6.70. The number of hydrogen-bond acceptors (Lipinski definition) is 3. The summed E-state index contributed by atoms with van der Waals surface area (Å²) in [6.07, 6.45) is 6.04. The Morgan fingerprint density at radius 3 is 2.50 bits per heavy atom. The minimum atomic E-state index is -0.251. The van der Waals surface area contributed by atoms with Gasteiger partial charge in [-0.15, -0.1) is 0 Å². The highest BCUT2D eigenvalue weighted by molar-refractivity contribution is 5.66. The minimum Gasteiger partial charge on any atom is -0.462 e. The van der Waals surface area contributed by atoms with Crippen molar-refractivity contribution >= 4 is 5.97 Å².